The quantitative estimate of drug-likeness (QED) is 0.353. The van der Waals surface area contributed by atoms with Crippen LogP contribution in [0, 0.1) is 5.82 Å². The van der Waals surface area contributed by atoms with E-state index in [9.17, 15) is 9.90 Å². The highest BCUT2D eigenvalue weighted by Crippen LogP contribution is 2.47. The maximum absolute atomic E-state index is 15.5. The van der Waals surface area contributed by atoms with E-state index in [1.54, 1.807) is 34.7 Å². The molecule has 0 saturated carbocycles. The molecule has 0 fully saturated rings. The highest BCUT2D eigenvalue weighted by atomic mass is 35.5. The maximum Gasteiger partial charge on any atom is 0.309 e. The van der Waals surface area contributed by atoms with Crippen molar-refractivity contribution >= 4 is 17.6 Å². The van der Waals surface area contributed by atoms with Crippen LogP contribution in [0.1, 0.15) is 41.1 Å². The molecule has 5 rings (SSSR count). The van der Waals surface area contributed by atoms with Crippen molar-refractivity contribution in [2.24, 2.45) is 0 Å². The number of fused-ring (bicyclic) bond motifs is 3. The number of nitrogens with zero attached hydrogens (tertiary/aromatic N) is 4. The van der Waals surface area contributed by atoms with E-state index in [0.29, 0.717) is 47.0 Å². The Morgan fingerprint density at radius 3 is 2.78 bits per heavy atom. The van der Waals surface area contributed by atoms with Crippen molar-refractivity contribution in [2.75, 3.05) is 14.2 Å². The smallest absolute Gasteiger partial charge is 0.309 e. The van der Waals surface area contributed by atoms with Crippen LogP contribution < -0.4 is 9.47 Å². The first-order valence-electron chi connectivity index (χ1n) is 11.5. The number of hydrogen-bond donors (Lipinski definition) is 1. The molecule has 0 saturated heterocycles. The summed E-state index contributed by atoms with van der Waals surface area (Å²) in [6, 6.07) is 12.1. The predicted molar refractivity (Wildman–Crippen MR) is 132 cm³/mol. The van der Waals surface area contributed by atoms with Crippen molar-refractivity contribution < 1.29 is 28.5 Å². The molecule has 9 nitrogen and oxygen atoms in total. The van der Waals surface area contributed by atoms with Gasteiger partial charge in [-0.1, -0.05) is 28.9 Å². The molecule has 0 aliphatic carbocycles. The van der Waals surface area contributed by atoms with Gasteiger partial charge in [0.1, 0.15) is 18.0 Å². The topological polar surface area (TPSA) is 101 Å². The number of methoxy groups -OCH3 is 2. The van der Waals surface area contributed by atoms with Gasteiger partial charge < -0.3 is 23.9 Å². The third kappa shape index (κ3) is 4.65. The minimum atomic E-state index is -0.976. The monoisotopic (exact) mass is 526 g/mol. The van der Waals surface area contributed by atoms with Gasteiger partial charge in [0.2, 0.25) is 0 Å². The van der Waals surface area contributed by atoms with Gasteiger partial charge in [0.05, 0.1) is 43.9 Å². The third-order valence-corrected chi connectivity index (χ3v) is 6.56. The van der Waals surface area contributed by atoms with E-state index in [2.05, 4.69) is 10.3 Å². The normalized spacial score (nSPS) is 16.5. The lowest BCUT2D eigenvalue weighted by Gasteiger charge is -2.25. The zero-order chi connectivity index (χ0) is 26.1. The first-order chi connectivity index (χ1) is 17.9. The molecule has 1 aliphatic rings. The van der Waals surface area contributed by atoms with Crippen LogP contribution in [0.3, 0.4) is 0 Å². The fourth-order valence-corrected chi connectivity index (χ4v) is 4.99. The van der Waals surface area contributed by atoms with Crippen molar-refractivity contribution in [3.8, 4) is 17.2 Å². The van der Waals surface area contributed by atoms with Gasteiger partial charge in [-0.05, 0) is 36.8 Å². The summed E-state index contributed by atoms with van der Waals surface area (Å²) >= 11 is 6.32. The largest absolute Gasteiger partial charge is 0.493 e. The molecule has 4 aromatic rings. The Hall–Kier alpha value is -3.89. The Labute approximate surface area is 216 Å². The Morgan fingerprint density at radius 1 is 1.19 bits per heavy atom. The Balaban J connectivity index is 1.61. The average molecular weight is 527 g/mol. The van der Waals surface area contributed by atoms with Gasteiger partial charge >= 0.3 is 5.97 Å². The summed E-state index contributed by atoms with van der Waals surface area (Å²) in [4.78, 5) is 11.2. The number of carbonyl (C=O) groups is 1. The van der Waals surface area contributed by atoms with Crippen LogP contribution in [-0.4, -0.2) is 44.9 Å². The fourth-order valence-electron chi connectivity index (χ4n) is 4.78. The molecule has 192 valence electrons. The Bertz CT molecular complexity index is 1450. The van der Waals surface area contributed by atoms with Crippen molar-refractivity contribution in [1.29, 1.82) is 0 Å². The summed E-state index contributed by atoms with van der Waals surface area (Å²) in [5.74, 6) is -0.493. The van der Waals surface area contributed by atoms with Gasteiger partial charge in [-0.15, -0.1) is 5.10 Å². The Kier molecular flexibility index (Phi) is 6.86. The Morgan fingerprint density at radius 2 is 2.03 bits per heavy atom. The summed E-state index contributed by atoms with van der Waals surface area (Å²) in [6.45, 7) is 0.333. The number of benzene rings is 2. The molecular formula is C26H24ClFN4O5. The lowest BCUT2D eigenvalue weighted by molar-refractivity contribution is -0.136. The molecule has 2 unspecified atom stereocenters. The first kappa shape index (κ1) is 24.8. The SMILES string of the molecule is COc1cccc(C2OC(CCn3nncc3CC(=O)O)c3cccn3-c3c(F)cc(Cl)cc32)c1OC. The van der Waals surface area contributed by atoms with Crippen LogP contribution in [-0.2, 0) is 22.5 Å². The van der Waals surface area contributed by atoms with Crippen LogP contribution in [0.15, 0.2) is 54.9 Å². The van der Waals surface area contributed by atoms with E-state index < -0.39 is 24.0 Å². The maximum atomic E-state index is 15.5. The molecule has 37 heavy (non-hydrogen) atoms. The molecule has 1 aliphatic heterocycles. The van der Waals surface area contributed by atoms with E-state index >= 15 is 4.39 Å². The van der Waals surface area contributed by atoms with E-state index in [-0.39, 0.29) is 11.4 Å². The molecule has 0 bridgehead atoms. The molecule has 2 aromatic heterocycles. The number of aryl methyl sites for hydroxylation is 1. The van der Waals surface area contributed by atoms with Crippen LogP contribution in [0.2, 0.25) is 5.02 Å². The van der Waals surface area contributed by atoms with Crippen molar-refractivity contribution in [1.82, 2.24) is 19.6 Å². The van der Waals surface area contributed by atoms with Crippen LogP contribution >= 0.6 is 11.6 Å². The molecule has 2 atom stereocenters. The number of para-hydroxylation sites is 1. The zero-order valence-corrected chi connectivity index (χ0v) is 20.9. The van der Waals surface area contributed by atoms with Crippen LogP contribution in [0.25, 0.3) is 5.69 Å². The summed E-state index contributed by atoms with van der Waals surface area (Å²) in [6.07, 6.45) is 2.13. The third-order valence-electron chi connectivity index (χ3n) is 6.34. The number of aliphatic carboxylic acids is 1. The number of ether oxygens (including phenoxy) is 3. The van der Waals surface area contributed by atoms with E-state index in [4.69, 9.17) is 25.8 Å². The summed E-state index contributed by atoms with van der Waals surface area (Å²) in [5, 5.41) is 17.3. The van der Waals surface area contributed by atoms with Crippen LogP contribution in [0.5, 0.6) is 11.5 Å². The first-order valence-corrected chi connectivity index (χ1v) is 11.9. The van der Waals surface area contributed by atoms with Crippen LogP contribution in [0.4, 0.5) is 4.39 Å². The standard InChI is InChI=1S/C26H24ClFN4O5/c1-35-22-7-3-5-17(26(22)36-2)25-18-11-15(27)12-19(28)24(18)31-9-4-6-20(31)21(37-25)8-10-32-16(13-23(33)34)14-29-30-32/h3-7,9,11-12,14,21,25H,8,10,13H2,1-2H3,(H,33,34). The highest BCUT2D eigenvalue weighted by Gasteiger charge is 2.34. The van der Waals surface area contributed by atoms with Gasteiger partial charge in [0.25, 0.3) is 0 Å². The summed E-state index contributed by atoms with van der Waals surface area (Å²) in [7, 11) is 3.08. The second kappa shape index (κ2) is 10.2. The van der Waals surface area contributed by atoms with Crippen molar-refractivity contribution in [3.05, 3.63) is 88.2 Å². The lowest BCUT2D eigenvalue weighted by atomic mass is 9.98. The van der Waals surface area contributed by atoms with Gasteiger partial charge in [-0.2, -0.15) is 0 Å². The van der Waals surface area contributed by atoms with Gasteiger partial charge in [0, 0.05) is 28.9 Å². The molecule has 11 heteroatoms. The van der Waals surface area contributed by atoms with Gasteiger partial charge in [0.15, 0.2) is 11.5 Å². The summed E-state index contributed by atoms with van der Waals surface area (Å²) in [5.41, 5.74) is 2.71. The minimum Gasteiger partial charge on any atom is -0.493 e. The number of aromatic nitrogens is 4. The molecule has 0 radical (unpaired) electrons. The highest BCUT2D eigenvalue weighted by molar-refractivity contribution is 6.30. The predicted octanol–water partition coefficient (Wildman–Crippen LogP) is 4.76. The second-order valence-corrected chi connectivity index (χ2v) is 8.96. The number of carboxylic acid groups (broad SMARTS) is 1. The summed E-state index contributed by atoms with van der Waals surface area (Å²) < 4.78 is 36.7. The molecule has 0 spiro atoms. The molecule has 1 N–H and O–H groups in total. The zero-order valence-electron chi connectivity index (χ0n) is 20.1. The van der Waals surface area contributed by atoms with Gasteiger partial charge in [-0.25, -0.2) is 9.07 Å². The van der Waals surface area contributed by atoms with E-state index in [1.165, 1.54) is 19.4 Å². The lowest BCUT2D eigenvalue weighted by Crippen LogP contribution is -2.16. The molecule has 2 aromatic carbocycles. The number of rotatable bonds is 8. The average Bonchev–Trinajstić information content (AvgIpc) is 3.50. The molecule has 3 heterocycles. The van der Waals surface area contributed by atoms with Crippen molar-refractivity contribution in [3.63, 3.8) is 0 Å². The number of halogens is 2. The van der Waals surface area contributed by atoms with E-state index in [1.807, 2.05) is 24.3 Å². The number of hydrogen-bond acceptors (Lipinski definition) is 6. The van der Waals surface area contributed by atoms with E-state index in [0.717, 1.165) is 5.69 Å². The minimum absolute atomic E-state index is 0.201. The molecule has 0 amide bonds. The van der Waals surface area contributed by atoms with Gasteiger partial charge in [-0.3, -0.25) is 4.79 Å². The molecular weight excluding hydrogens is 503 g/mol. The van der Waals surface area contributed by atoms with Crippen molar-refractivity contribution in [2.45, 2.75) is 31.6 Å². The fraction of sp³-hybridized carbons (Fsp3) is 0.269. The number of carboxylic acids is 1. The second-order valence-electron chi connectivity index (χ2n) is 8.52.